The van der Waals surface area contributed by atoms with Crippen molar-refractivity contribution in [2.24, 2.45) is 4.99 Å². The average molecular weight is 386 g/mol. The van der Waals surface area contributed by atoms with Crippen LogP contribution >= 0.6 is 11.3 Å². The Balaban J connectivity index is 2.22. The van der Waals surface area contributed by atoms with Crippen LogP contribution in [0.3, 0.4) is 0 Å². The summed E-state index contributed by atoms with van der Waals surface area (Å²) in [6.07, 6.45) is 0. The third-order valence-electron chi connectivity index (χ3n) is 4.36. The summed E-state index contributed by atoms with van der Waals surface area (Å²) >= 11 is 1.47. The minimum absolute atomic E-state index is 0.362. The number of carbonyl (C=O) groups excluding carboxylic acids is 1. The van der Waals surface area contributed by atoms with E-state index in [0.29, 0.717) is 28.4 Å². The maximum absolute atomic E-state index is 12.9. The Labute approximate surface area is 161 Å². The standard InChI is InChI=1S/C20H22N2O4S/c1-6-22-17-16(26-5)9-7-12(2)18(17)27-20(22)21-19(23)14-11-13(24-3)8-10-15(14)25-4/h7-11H,6H2,1-5H3. The number of nitrogens with zero attached hydrogens (tertiary/aromatic N) is 2. The first-order valence-corrected chi connectivity index (χ1v) is 9.33. The highest BCUT2D eigenvalue weighted by Crippen LogP contribution is 2.30. The number of hydrogen-bond acceptors (Lipinski definition) is 5. The molecule has 0 fully saturated rings. The van der Waals surface area contributed by atoms with Gasteiger partial charge in [-0.3, -0.25) is 4.79 Å². The highest BCUT2D eigenvalue weighted by molar-refractivity contribution is 7.16. The zero-order chi connectivity index (χ0) is 19.6. The topological polar surface area (TPSA) is 62.1 Å². The predicted octanol–water partition coefficient (Wildman–Crippen LogP) is 3.80. The van der Waals surface area contributed by atoms with Gasteiger partial charge in [0.1, 0.15) is 22.8 Å². The lowest BCUT2D eigenvalue weighted by Gasteiger charge is -2.08. The number of methoxy groups -OCH3 is 3. The molecule has 0 spiro atoms. The van der Waals surface area contributed by atoms with Crippen LogP contribution in [0, 0.1) is 6.92 Å². The maximum Gasteiger partial charge on any atom is 0.283 e. The summed E-state index contributed by atoms with van der Waals surface area (Å²) in [5.74, 6) is 1.42. The first-order valence-electron chi connectivity index (χ1n) is 8.52. The van der Waals surface area contributed by atoms with Gasteiger partial charge in [0.25, 0.3) is 5.91 Å². The van der Waals surface area contributed by atoms with Crippen molar-refractivity contribution in [2.45, 2.75) is 20.4 Å². The first kappa shape index (κ1) is 19.0. The van der Waals surface area contributed by atoms with Crippen LogP contribution in [0.5, 0.6) is 17.2 Å². The van der Waals surface area contributed by atoms with Crippen LogP contribution in [0.25, 0.3) is 10.2 Å². The van der Waals surface area contributed by atoms with E-state index in [4.69, 9.17) is 14.2 Å². The molecule has 6 nitrogen and oxygen atoms in total. The SMILES string of the molecule is CCn1c(=NC(=O)c2cc(OC)ccc2OC)sc2c(C)ccc(OC)c21. The first-order chi connectivity index (χ1) is 13.0. The van der Waals surface area contributed by atoms with Gasteiger partial charge < -0.3 is 18.8 Å². The van der Waals surface area contributed by atoms with Gasteiger partial charge in [0.2, 0.25) is 0 Å². The summed E-state index contributed by atoms with van der Waals surface area (Å²) in [6, 6.07) is 9.03. The number of benzene rings is 2. The van der Waals surface area contributed by atoms with E-state index in [1.807, 2.05) is 30.5 Å². The van der Waals surface area contributed by atoms with Crippen molar-refractivity contribution in [2.75, 3.05) is 21.3 Å². The number of hydrogen-bond donors (Lipinski definition) is 0. The summed E-state index contributed by atoms with van der Waals surface area (Å²) < 4.78 is 19.1. The van der Waals surface area contributed by atoms with E-state index < -0.39 is 0 Å². The van der Waals surface area contributed by atoms with Gasteiger partial charge in [0.05, 0.1) is 31.6 Å². The third kappa shape index (κ3) is 3.42. The van der Waals surface area contributed by atoms with Gasteiger partial charge in [-0.05, 0) is 43.7 Å². The molecule has 0 aliphatic carbocycles. The van der Waals surface area contributed by atoms with Gasteiger partial charge in [0, 0.05) is 6.54 Å². The molecule has 0 unspecified atom stereocenters. The molecule has 1 amide bonds. The van der Waals surface area contributed by atoms with E-state index in [-0.39, 0.29) is 5.91 Å². The lowest BCUT2D eigenvalue weighted by Crippen LogP contribution is -2.16. The molecule has 1 aromatic heterocycles. The second-order valence-electron chi connectivity index (χ2n) is 5.87. The van der Waals surface area contributed by atoms with E-state index in [1.54, 1.807) is 32.4 Å². The normalized spacial score (nSPS) is 11.7. The number of fused-ring (bicyclic) bond motifs is 1. The molecular weight excluding hydrogens is 364 g/mol. The van der Waals surface area contributed by atoms with Crippen molar-refractivity contribution in [3.05, 3.63) is 46.3 Å². The van der Waals surface area contributed by atoms with E-state index in [9.17, 15) is 4.79 Å². The minimum Gasteiger partial charge on any atom is -0.497 e. The molecule has 27 heavy (non-hydrogen) atoms. The number of thiazole rings is 1. The molecule has 0 aliphatic heterocycles. The maximum atomic E-state index is 12.9. The van der Waals surface area contributed by atoms with Crippen LogP contribution in [-0.4, -0.2) is 31.8 Å². The summed E-state index contributed by atoms with van der Waals surface area (Å²) in [6.45, 7) is 4.72. The molecule has 3 rings (SSSR count). The number of rotatable bonds is 5. The van der Waals surface area contributed by atoms with Gasteiger partial charge in [-0.25, -0.2) is 0 Å². The second kappa shape index (κ2) is 7.84. The number of carbonyl (C=O) groups is 1. The number of ether oxygens (including phenoxy) is 3. The molecule has 142 valence electrons. The molecule has 0 radical (unpaired) electrons. The molecule has 1 heterocycles. The molecule has 0 saturated heterocycles. The predicted molar refractivity (Wildman–Crippen MR) is 106 cm³/mol. The van der Waals surface area contributed by atoms with Crippen molar-refractivity contribution in [1.29, 1.82) is 0 Å². The Kier molecular flexibility index (Phi) is 5.51. The highest BCUT2D eigenvalue weighted by Gasteiger charge is 2.16. The fraction of sp³-hybridized carbons (Fsp3) is 0.300. The van der Waals surface area contributed by atoms with Crippen LogP contribution in [0.15, 0.2) is 35.3 Å². The van der Waals surface area contributed by atoms with Gasteiger partial charge in [-0.1, -0.05) is 17.4 Å². The summed E-state index contributed by atoms with van der Waals surface area (Å²) in [5, 5.41) is 0. The van der Waals surface area contributed by atoms with Crippen LogP contribution in [0.2, 0.25) is 0 Å². The van der Waals surface area contributed by atoms with Crippen LogP contribution in [0.4, 0.5) is 0 Å². The van der Waals surface area contributed by atoms with Crippen LogP contribution in [0.1, 0.15) is 22.8 Å². The van der Waals surface area contributed by atoms with Crippen molar-refractivity contribution in [3.8, 4) is 17.2 Å². The van der Waals surface area contributed by atoms with E-state index in [0.717, 1.165) is 21.5 Å². The molecular formula is C20H22N2O4S. The molecule has 0 aliphatic rings. The smallest absolute Gasteiger partial charge is 0.283 e. The zero-order valence-corrected chi connectivity index (χ0v) is 16.8. The van der Waals surface area contributed by atoms with E-state index in [2.05, 4.69) is 4.99 Å². The Morgan fingerprint density at radius 2 is 1.78 bits per heavy atom. The fourth-order valence-corrected chi connectivity index (χ4v) is 4.13. The number of aryl methyl sites for hydroxylation is 2. The molecule has 7 heteroatoms. The Morgan fingerprint density at radius 3 is 2.41 bits per heavy atom. The van der Waals surface area contributed by atoms with E-state index >= 15 is 0 Å². The van der Waals surface area contributed by atoms with Gasteiger partial charge in [-0.15, -0.1) is 0 Å². The fourth-order valence-electron chi connectivity index (χ4n) is 2.95. The van der Waals surface area contributed by atoms with Gasteiger partial charge in [0.15, 0.2) is 4.80 Å². The molecule has 2 aromatic carbocycles. The number of aromatic nitrogens is 1. The molecule has 0 atom stereocenters. The minimum atomic E-state index is -0.379. The Morgan fingerprint density at radius 1 is 1.07 bits per heavy atom. The number of amides is 1. The second-order valence-corrected chi connectivity index (χ2v) is 6.85. The van der Waals surface area contributed by atoms with Crippen molar-refractivity contribution in [1.82, 2.24) is 4.57 Å². The molecule has 3 aromatic rings. The molecule has 0 saturated carbocycles. The van der Waals surface area contributed by atoms with Gasteiger partial charge >= 0.3 is 0 Å². The Hall–Kier alpha value is -2.80. The van der Waals surface area contributed by atoms with Gasteiger partial charge in [-0.2, -0.15) is 4.99 Å². The van der Waals surface area contributed by atoms with Crippen LogP contribution in [-0.2, 0) is 6.54 Å². The third-order valence-corrected chi connectivity index (χ3v) is 5.57. The Bertz CT molecular complexity index is 1070. The summed E-state index contributed by atoms with van der Waals surface area (Å²) in [4.78, 5) is 17.9. The summed E-state index contributed by atoms with van der Waals surface area (Å²) in [7, 11) is 4.72. The summed E-state index contributed by atoms with van der Waals surface area (Å²) in [5.41, 5.74) is 2.43. The monoisotopic (exact) mass is 386 g/mol. The largest absolute Gasteiger partial charge is 0.497 e. The molecule has 0 bridgehead atoms. The average Bonchev–Trinajstić information content (AvgIpc) is 3.06. The van der Waals surface area contributed by atoms with Crippen molar-refractivity contribution in [3.63, 3.8) is 0 Å². The van der Waals surface area contributed by atoms with E-state index in [1.165, 1.54) is 18.4 Å². The van der Waals surface area contributed by atoms with Crippen molar-refractivity contribution < 1.29 is 19.0 Å². The van der Waals surface area contributed by atoms with Crippen LogP contribution < -0.4 is 19.0 Å². The zero-order valence-electron chi connectivity index (χ0n) is 16.0. The highest BCUT2D eigenvalue weighted by atomic mass is 32.1. The lowest BCUT2D eigenvalue weighted by atomic mass is 10.2. The molecule has 0 N–H and O–H groups in total. The lowest BCUT2D eigenvalue weighted by molar-refractivity contribution is 0.0994. The van der Waals surface area contributed by atoms with Crippen molar-refractivity contribution >= 4 is 27.5 Å². The quantitative estimate of drug-likeness (QED) is 0.669.